The summed E-state index contributed by atoms with van der Waals surface area (Å²) < 4.78 is 24.5. The molecule has 0 saturated heterocycles. The number of halogens is 2. The molecule has 0 unspecified atom stereocenters. The van der Waals surface area contributed by atoms with E-state index in [1.807, 2.05) is 6.92 Å². The van der Waals surface area contributed by atoms with Gasteiger partial charge in [0, 0.05) is 6.42 Å². The molecule has 1 rings (SSSR count). The lowest BCUT2D eigenvalue weighted by molar-refractivity contribution is -0.176. The number of hydrogen-bond acceptors (Lipinski definition) is 1. The summed E-state index contributed by atoms with van der Waals surface area (Å²) in [6.07, 6.45) is -0.423. The Balaban J connectivity index is 2.49. The van der Waals surface area contributed by atoms with Gasteiger partial charge in [0.15, 0.2) is 0 Å². The zero-order valence-electron chi connectivity index (χ0n) is 6.32. The number of aliphatic hydroxyl groups is 1. The molecule has 1 N–H and O–H groups in total. The highest BCUT2D eigenvalue weighted by Crippen LogP contribution is 2.44. The largest absolute Gasteiger partial charge is 0.377 e. The van der Waals surface area contributed by atoms with Crippen LogP contribution >= 0.6 is 0 Å². The van der Waals surface area contributed by atoms with E-state index in [-0.39, 0.29) is 0 Å². The van der Waals surface area contributed by atoms with Gasteiger partial charge in [-0.15, -0.1) is 5.92 Å². The van der Waals surface area contributed by atoms with Crippen LogP contribution in [-0.2, 0) is 0 Å². The third kappa shape index (κ3) is 1.90. The minimum Gasteiger partial charge on any atom is -0.377 e. The second-order valence-corrected chi connectivity index (χ2v) is 2.90. The van der Waals surface area contributed by atoms with E-state index >= 15 is 0 Å². The van der Waals surface area contributed by atoms with Crippen LogP contribution in [0.2, 0.25) is 0 Å². The molecule has 0 spiro atoms. The van der Waals surface area contributed by atoms with Crippen molar-refractivity contribution < 1.29 is 13.9 Å². The van der Waals surface area contributed by atoms with E-state index in [0.29, 0.717) is 6.42 Å². The van der Waals surface area contributed by atoms with Crippen molar-refractivity contribution in [1.29, 1.82) is 0 Å². The normalized spacial score (nSPS) is 24.7. The van der Waals surface area contributed by atoms with Crippen molar-refractivity contribution in [2.75, 3.05) is 0 Å². The molecule has 0 heterocycles. The van der Waals surface area contributed by atoms with E-state index in [9.17, 15) is 13.9 Å². The molecule has 1 nitrogen and oxygen atoms in total. The fourth-order valence-electron chi connectivity index (χ4n) is 1.15. The molecule has 0 amide bonds. The molecule has 0 aromatic heterocycles. The fraction of sp³-hybridized carbons (Fsp3) is 0.750. The molecule has 0 aliphatic heterocycles. The summed E-state index contributed by atoms with van der Waals surface area (Å²) in [5.41, 5.74) is -1.40. The van der Waals surface area contributed by atoms with E-state index < -0.39 is 24.4 Å². The van der Waals surface area contributed by atoms with Crippen LogP contribution in [-0.4, -0.2) is 16.6 Å². The molecule has 1 aliphatic carbocycles. The Morgan fingerprint density at radius 3 is 2.36 bits per heavy atom. The van der Waals surface area contributed by atoms with Gasteiger partial charge in [-0.05, 0) is 0 Å². The number of hydrogen-bond donors (Lipinski definition) is 1. The van der Waals surface area contributed by atoms with Gasteiger partial charge in [-0.3, -0.25) is 0 Å². The van der Waals surface area contributed by atoms with E-state index in [2.05, 4.69) is 11.8 Å². The molecular formula is C8H10F2O. The van der Waals surface area contributed by atoms with Gasteiger partial charge in [-0.25, -0.2) is 8.78 Å². The smallest absolute Gasteiger partial charge is 0.255 e. The average molecular weight is 160 g/mol. The standard InChI is InChI=1S/C8H10F2O/c1-2-3-4-7(11)5-8(9,10)6-7/h11H,2,5-6H2,1H3. The van der Waals surface area contributed by atoms with E-state index in [1.54, 1.807) is 0 Å². The molecule has 0 aromatic rings. The summed E-state index contributed by atoms with van der Waals surface area (Å²) in [7, 11) is 0. The second-order valence-electron chi connectivity index (χ2n) is 2.90. The summed E-state index contributed by atoms with van der Waals surface area (Å²) in [6, 6.07) is 0. The minimum atomic E-state index is -2.70. The SMILES string of the molecule is CCC#CC1(O)CC(F)(F)C1. The molecule has 1 fully saturated rings. The fourth-order valence-corrected chi connectivity index (χ4v) is 1.15. The van der Waals surface area contributed by atoms with Gasteiger partial charge in [0.2, 0.25) is 0 Å². The van der Waals surface area contributed by atoms with Crippen molar-refractivity contribution in [3.63, 3.8) is 0 Å². The Morgan fingerprint density at radius 1 is 1.45 bits per heavy atom. The van der Waals surface area contributed by atoms with Crippen LogP contribution in [0, 0.1) is 11.8 Å². The molecule has 11 heavy (non-hydrogen) atoms. The van der Waals surface area contributed by atoms with E-state index in [4.69, 9.17) is 0 Å². The van der Waals surface area contributed by atoms with Gasteiger partial charge in [-0.2, -0.15) is 0 Å². The lowest BCUT2D eigenvalue weighted by Crippen LogP contribution is -2.50. The van der Waals surface area contributed by atoms with Crippen molar-refractivity contribution in [3.05, 3.63) is 0 Å². The van der Waals surface area contributed by atoms with Crippen LogP contribution in [0.3, 0.4) is 0 Å². The first kappa shape index (κ1) is 8.48. The Labute approximate surface area is 64.4 Å². The molecule has 3 heteroatoms. The summed E-state index contributed by atoms with van der Waals surface area (Å²) >= 11 is 0. The highest BCUT2D eigenvalue weighted by atomic mass is 19.3. The highest BCUT2D eigenvalue weighted by molar-refractivity contribution is 5.21. The highest BCUT2D eigenvalue weighted by Gasteiger charge is 2.55. The maximum Gasteiger partial charge on any atom is 0.255 e. The maximum absolute atomic E-state index is 12.2. The molecule has 0 radical (unpaired) electrons. The molecular weight excluding hydrogens is 150 g/mol. The maximum atomic E-state index is 12.2. The van der Waals surface area contributed by atoms with Crippen LogP contribution in [0.1, 0.15) is 26.2 Å². The van der Waals surface area contributed by atoms with Crippen molar-refractivity contribution in [2.24, 2.45) is 0 Å². The zero-order valence-corrected chi connectivity index (χ0v) is 6.32. The summed E-state index contributed by atoms with van der Waals surface area (Å²) in [5, 5.41) is 9.22. The lowest BCUT2D eigenvalue weighted by atomic mass is 9.77. The van der Waals surface area contributed by atoms with Crippen LogP contribution in [0.4, 0.5) is 8.78 Å². The third-order valence-electron chi connectivity index (χ3n) is 1.60. The molecule has 62 valence electrons. The quantitative estimate of drug-likeness (QED) is 0.533. The van der Waals surface area contributed by atoms with Crippen LogP contribution < -0.4 is 0 Å². The van der Waals surface area contributed by atoms with Crippen LogP contribution in [0.15, 0.2) is 0 Å². The van der Waals surface area contributed by atoms with Gasteiger partial charge in [0.1, 0.15) is 5.60 Å². The van der Waals surface area contributed by atoms with Crippen LogP contribution in [0.5, 0.6) is 0 Å². The Kier molecular flexibility index (Phi) is 1.89. The summed E-state index contributed by atoms with van der Waals surface area (Å²) in [5.74, 6) is 2.32. The Bertz CT molecular complexity index is 204. The predicted octanol–water partition coefficient (Wildman–Crippen LogP) is 1.56. The Hall–Kier alpha value is -0.620. The van der Waals surface area contributed by atoms with Crippen molar-refractivity contribution in [2.45, 2.75) is 37.7 Å². The van der Waals surface area contributed by atoms with Gasteiger partial charge < -0.3 is 5.11 Å². The number of rotatable bonds is 0. The minimum absolute atomic E-state index is 0.507. The Morgan fingerprint density at radius 2 is 2.00 bits per heavy atom. The third-order valence-corrected chi connectivity index (χ3v) is 1.60. The first-order valence-corrected chi connectivity index (χ1v) is 3.58. The predicted molar refractivity (Wildman–Crippen MR) is 37.2 cm³/mol. The first-order valence-electron chi connectivity index (χ1n) is 3.58. The van der Waals surface area contributed by atoms with Gasteiger partial charge in [0.25, 0.3) is 5.92 Å². The topological polar surface area (TPSA) is 20.2 Å². The van der Waals surface area contributed by atoms with Gasteiger partial charge >= 0.3 is 0 Å². The van der Waals surface area contributed by atoms with E-state index in [0.717, 1.165) is 0 Å². The monoisotopic (exact) mass is 160 g/mol. The van der Waals surface area contributed by atoms with Crippen LogP contribution in [0.25, 0.3) is 0 Å². The van der Waals surface area contributed by atoms with Crippen molar-refractivity contribution in [1.82, 2.24) is 0 Å². The second kappa shape index (κ2) is 2.46. The molecule has 1 aliphatic rings. The molecule has 1 saturated carbocycles. The molecule has 0 bridgehead atoms. The summed E-state index contributed by atoms with van der Waals surface area (Å²) in [4.78, 5) is 0. The summed E-state index contributed by atoms with van der Waals surface area (Å²) in [6.45, 7) is 1.81. The van der Waals surface area contributed by atoms with Gasteiger partial charge in [-0.1, -0.05) is 12.8 Å². The van der Waals surface area contributed by atoms with Crippen molar-refractivity contribution in [3.8, 4) is 11.8 Å². The lowest BCUT2D eigenvalue weighted by Gasteiger charge is -2.39. The van der Waals surface area contributed by atoms with E-state index in [1.165, 1.54) is 0 Å². The average Bonchev–Trinajstić information content (AvgIpc) is 1.79. The molecule has 0 atom stereocenters. The number of alkyl halides is 2. The molecule has 0 aromatic carbocycles. The van der Waals surface area contributed by atoms with Gasteiger partial charge in [0.05, 0.1) is 12.8 Å². The first-order chi connectivity index (χ1) is 4.97. The zero-order chi connectivity index (χ0) is 8.54. The van der Waals surface area contributed by atoms with Crippen molar-refractivity contribution >= 4 is 0 Å².